The second kappa shape index (κ2) is 7.18. The van der Waals surface area contributed by atoms with Gasteiger partial charge in [0.25, 0.3) is 0 Å². The number of nitrogens with one attached hydrogen (secondary N) is 1. The van der Waals surface area contributed by atoms with Gasteiger partial charge < -0.3 is 10.1 Å². The standard InChI is InChI=1S/C17H23N5O3/c1-4-25-16-7-5-13(9-15(16)22(23)24)11(2)18-14-6-8-17-19-12(3)20-21(17)10-14/h5,7,9,11,14,18H,4,6,8,10H2,1-3H3/t11-,14+/m0/s1. The van der Waals surface area contributed by atoms with Crippen LogP contribution in [0.3, 0.4) is 0 Å². The Morgan fingerprint density at radius 1 is 1.52 bits per heavy atom. The summed E-state index contributed by atoms with van der Waals surface area (Å²) >= 11 is 0. The van der Waals surface area contributed by atoms with E-state index in [4.69, 9.17) is 4.74 Å². The molecule has 8 nitrogen and oxygen atoms in total. The number of ether oxygens (including phenoxy) is 1. The van der Waals surface area contributed by atoms with E-state index < -0.39 is 4.92 Å². The van der Waals surface area contributed by atoms with Crippen LogP contribution >= 0.6 is 0 Å². The van der Waals surface area contributed by atoms with E-state index in [2.05, 4.69) is 15.4 Å². The lowest BCUT2D eigenvalue weighted by molar-refractivity contribution is -0.385. The first-order chi connectivity index (χ1) is 12.0. The van der Waals surface area contributed by atoms with Crippen LogP contribution in [0.4, 0.5) is 5.69 Å². The second-order valence-corrected chi connectivity index (χ2v) is 6.30. The Bertz CT molecular complexity index is 774. The zero-order valence-electron chi connectivity index (χ0n) is 14.7. The topological polar surface area (TPSA) is 95.1 Å². The Labute approximate surface area is 146 Å². The van der Waals surface area contributed by atoms with E-state index in [1.165, 1.54) is 0 Å². The molecule has 0 radical (unpaired) electrons. The highest BCUT2D eigenvalue weighted by atomic mass is 16.6. The van der Waals surface area contributed by atoms with Gasteiger partial charge in [-0.15, -0.1) is 0 Å². The number of nitro benzene ring substituents is 1. The minimum Gasteiger partial charge on any atom is -0.487 e. The summed E-state index contributed by atoms with van der Waals surface area (Å²) in [7, 11) is 0. The third-order valence-corrected chi connectivity index (χ3v) is 4.43. The van der Waals surface area contributed by atoms with E-state index in [9.17, 15) is 10.1 Å². The first-order valence-corrected chi connectivity index (χ1v) is 8.55. The molecule has 2 atom stereocenters. The van der Waals surface area contributed by atoms with Crippen LogP contribution < -0.4 is 10.1 Å². The summed E-state index contributed by atoms with van der Waals surface area (Å²) in [6, 6.07) is 5.40. The molecule has 134 valence electrons. The first-order valence-electron chi connectivity index (χ1n) is 8.55. The van der Waals surface area contributed by atoms with Gasteiger partial charge in [-0.25, -0.2) is 9.67 Å². The molecular formula is C17H23N5O3. The smallest absolute Gasteiger partial charge is 0.311 e. The predicted octanol–water partition coefficient (Wildman–Crippen LogP) is 2.56. The van der Waals surface area contributed by atoms with Crippen LogP contribution in [0.5, 0.6) is 5.75 Å². The Morgan fingerprint density at radius 2 is 2.32 bits per heavy atom. The molecule has 25 heavy (non-hydrogen) atoms. The molecule has 0 bridgehead atoms. The molecule has 2 heterocycles. The number of aryl methyl sites for hydroxylation is 2. The predicted molar refractivity (Wildman–Crippen MR) is 92.7 cm³/mol. The van der Waals surface area contributed by atoms with Crippen molar-refractivity contribution in [3.8, 4) is 5.75 Å². The summed E-state index contributed by atoms with van der Waals surface area (Å²) in [6.07, 6.45) is 1.86. The van der Waals surface area contributed by atoms with Crippen molar-refractivity contribution in [2.45, 2.75) is 52.2 Å². The summed E-state index contributed by atoms with van der Waals surface area (Å²) in [6.45, 7) is 6.89. The fraction of sp³-hybridized carbons (Fsp3) is 0.529. The summed E-state index contributed by atoms with van der Waals surface area (Å²) in [5, 5.41) is 19.2. The Kier molecular flexibility index (Phi) is 4.98. The molecule has 0 saturated heterocycles. The quantitative estimate of drug-likeness (QED) is 0.638. The van der Waals surface area contributed by atoms with Gasteiger partial charge >= 0.3 is 5.69 Å². The van der Waals surface area contributed by atoms with E-state index in [-0.39, 0.29) is 17.8 Å². The number of nitro groups is 1. The van der Waals surface area contributed by atoms with E-state index >= 15 is 0 Å². The number of hydrogen-bond donors (Lipinski definition) is 1. The normalized spacial score (nSPS) is 17.8. The minimum atomic E-state index is -0.397. The Balaban J connectivity index is 1.72. The fourth-order valence-corrected chi connectivity index (χ4v) is 3.24. The molecule has 1 aliphatic heterocycles. The summed E-state index contributed by atoms with van der Waals surface area (Å²) in [4.78, 5) is 15.3. The molecule has 2 aromatic rings. The molecule has 0 aliphatic carbocycles. The van der Waals surface area contributed by atoms with Crippen molar-refractivity contribution in [1.82, 2.24) is 20.1 Å². The largest absolute Gasteiger partial charge is 0.487 e. The van der Waals surface area contributed by atoms with Crippen LogP contribution in [0.1, 0.15) is 43.5 Å². The van der Waals surface area contributed by atoms with Crippen LogP contribution in [-0.2, 0) is 13.0 Å². The monoisotopic (exact) mass is 345 g/mol. The van der Waals surface area contributed by atoms with Gasteiger partial charge in [-0.1, -0.05) is 6.07 Å². The van der Waals surface area contributed by atoms with Gasteiger partial charge in [0.2, 0.25) is 0 Å². The first kappa shape index (κ1) is 17.3. The van der Waals surface area contributed by atoms with Crippen molar-refractivity contribution in [2.75, 3.05) is 6.61 Å². The molecule has 0 unspecified atom stereocenters. The molecule has 8 heteroatoms. The van der Waals surface area contributed by atoms with Crippen molar-refractivity contribution in [2.24, 2.45) is 0 Å². The van der Waals surface area contributed by atoms with Crippen LogP contribution in [0, 0.1) is 17.0 Å². The van der Waals surface area contributed by atoms with Crippen LogP contribution in [-0.4, -0.2) is 32.3 Å². The maximum absolute atomic E-state index is 11.3. The Morgan fingerprint density at radius 3 is 3.04 bits per heavy atom. The molecule has 1 aliphatic rings. The van der Waals surface area contributed by atoms with E-state index in [0.717, 1.165) is 36.6 Å². The van der Waals surface area contributed by atoms with E-state index in [1.807, 2.05) is 31.5 Å². The highest BCUT2D eigenvalue weighted by Gasteiger charge is 2.24. The molecule has 0 amide bonds. The van der Waals surface area contributed by atoms with Crippen LogP contribution in [0.15, 0.2) is 18.2 Å². The van der Waals surface area contributed by atoms with Crippen molar-refractivity contribution >= 4 is 5.69 Å². The van der Waals surface area contributed by atoms with Gasteiger partial charge in [0.1, 0.15) is 11.6 Å². The van der Waals surface area contributed by atoms with Crippen molar-refractivity contribution in [1.29, 1.82) is 0 Å². The maximum atomic E-state index is 11.3. The fourth-order valence-electron chi connectivity index (χ4n) is 3.24. The molecular weight excluding hydrogens is 322 g/mol. The molecule has 0 saturated carbocycles. The third-order valence-electron chi connectivity index (χ3n) is 4.43. The lowest BCUT2D eigenvalue weighted by Crippen LogP contribution is -2.39. The molecule has 1 N–H and O–H groups in total. The van der Waals surface area contributed by atoms with Gasteiger partial charge in [-0.05, 0) is 38.8 Å². The van der Waals surface area contributed by atoms with Gasteiger partial charge in [0.05, 0.1) is 18.1 Å². The van der Waals surface area contributed by atoms with Gasteiger partial charge in [0.15, 0.2) is 5.75 Å². The highest BCUT2D eigenvalue weighted by molar-refractivity contribution is 5.49. The van der Waals surface area contributed by atoms with Crippen molar-refractivity contribution in [3.63, 3.8) is 0 Å². The lowest BCUT2D eigenvalue weighted by atomic mass is 10.0. The number of hydrogen-bond acceptors (Lipinski definition) is 6. The number of nitrogens with zero attached hydrogens (tertiary/aromatic N) is 4. The molecule has 3 rings (SSSR count). The minimum absolute atomic E-state index is 0.00540. The summed E-state index contributed by atoms with van der Waals surface area (Å²) in [5.74, 6) is 2.13. The van der Waals surface area contributed by atoms with Gasteiger partial charge in [-0.3, -0.25) is 10.1 Å². The SMILES string of the molecule is CCOc1ccc([C@H](C)N[C@@H]2CCc3nc(C)nn3C2)cc1[N+](=O)[O-]. The third kappa shape index (κ3) is 3.79. The van der Waals surface area contributed by atoms with Crippen molar-refractivity contribution in [3.05, 3.63) is 45.5 Å². The number of aromatic nitrogens is 3. The van der Waals surface area contributed by atoms with Crippen LogP contribution in [0.2, 0.25) is 0 Å². The summed E-state index contributed by atoms with van der Waals surface area (Å²) in [5.41, 5.74) is 0.876. The number of rotatable bonds is 6. The number of fused-ring (bicyclic) bond motifs is 1. The number of benzene rings is 1. The van der Waals surface area contributed by atoms with E-state index in [0.29, 0.717) is 12.4 Å². The van der Waals surface area contributed by atoms with Gasteiger partial charge in [-0.2, -0.15) is 5.10 Å². The molecule has 0 spiro atoms. The van der Waals surface area contributed by atoms with Gasteiger partial charge in [0, 0.05) is 24.6 Å². The van der Waals surface area contributed by atoms with Crippen molar-refractivity contribution < 1.29 is 9.66 Å². The molecule has 1 aromatic carbocycles. The maximum Gasteiger partial charge on any atom is 0.311 e. The zero-order chi connectivity index (χ0) is 18.0. The lowest BCUT2D eigenvalue weighted by Gasteiger charge is -2.27. The summed E-state index contributed by atoms with van der Waals surface area (Å²) < 4.78 is 7.29. The molecule has 0 fully saturated rings. The zero-order valence-corrected chi connectivity index (χ0v) is 14.7. The van der Waals surface area contributed by atoms with E-state index in [1.54, 1.807) is 12.1 Å². The molecule has 1 aromatic heterocycles. The average molecular weight is 345 g/mol. The second-order valence-electron chi connectivity index (χ2n) is 6.30. The Hall–Kier alpha value is -2.48. The highest BCUT2D eigenvalue weighted by Crippen LogP contribution is 2.30. The van der Waals surface area contributed by atoms with Crippen LogP contribution in [0.25, 0.3) is 0 Å². The average Bonchev–Trinajstić information content (AvgIpc) is 2.94.